The number of hydrogen-bond acceptors (Lipinski definition) is 0. The number of fused-ring (bicyclic) bond motifs is 4. The predicted molar refractivity (Wildman–Crippen MR) is 221 cm³/mol. The van der Waals surface area contributed by atoms with Crippen molar-refractivity contribution in [2.24, 2.45) is 0 Å². The van der Waals surface area contributed by atoms with Crippen LogP contribution in [0.2, 0.25) is 12.6 Å². The van der Waals surface area contributed by atoms with Gasteiger partial charge in [-0.05, 0) is 77.3 Å². The lowest BCUT2D eigenvalue weighted by molar-refractivity contribution is 0.858. The second kappa shape index (κ2) is 12.4. The van der Waals surface area contributed by atoms with Gasteiger partial charge in [0.1, 0.15) is 8.07 Å². The Morgan fingerprint density at radius 1 is 0.520 bits per heavy atom. The third-order valence-corrected chi connectivity index (χ3v) is 16.0. The molecule has 240 valence electrons. The molecule has 2 unspecified atom stereocenters. The molecule has 9 rings (SSSR count). The van der Waals surface area contributed by atoms with Gasteiger partial charge in [0.05, 0.1) is 0 Å². The minimum absolute atomic E-state index is 0.359. The van der Waals surface area contributed by atoms with Crippen molar-refractivity contribution in [2.75, 3.05) is 0 Å². The van der Waals surface area contributed by atoms with E-state index in [-0.39, 0.29) is 0 Å². The monoisotopic (exact) mass is 656 g/mol. The third-order valence-electron chi connectivity index (χ3n) is 11.4. The molecule has 0 saturated heterocycles. The molecule has 0 aromatic heterocycles. The van der Waals surface area contributed by atoms with Crippen LogP contribution in [-0.2, 0) is 0 Å². The van der Waals surface area contributed by atoms with E-state index in [1.165, 1.54) is 87.3 Å². The normalized spacial score (nSPS) is 15.8. The van der Waals surface area contributed by atoms with Gasteiger partial charge >= 0.3 is 0 Å². The van der Waals surface area contributed by atoms with Crippen LogP contribution in [0.5, 0.6) is 0 Å². The first kappa shape index (κ1) is 30.5. The van der Waals surface area contributed by atoms with Crippen molar-refractivity contribution in [3.8, 4) is 11.1 Å². The predicted octanol–water partition coefficient (Wildman–Crippen LogP) is 12.3. The molecule has 0 N–H and O–H groups in total. The van der Waals surface area contributed by atoms with Crippen LogP contribution in [0.3, 0.4) is 0 Å². The summed E-state index contributed by atoms with van der Waals surface area (Å²) >= 11 is 0. The van der Waals surface area contributed by atoms with E-state index in [2.05, 4.69) is 189 Å². The molecular weight excluding hydrogens is 617 g/mol. The van der Waals surface area contributed by atoms with Crippen LogP contribution in [0.15, 0.2) is 176 Å². The Morgan fingerprint density at radius 2 is 1.10 bits per heavy atom. The van der Waals surface area contributed by atoms with Crippen LogP contribution in [0.1, 0.15) is 30.4 Å². The zero-order valence-electron chi connectivity index (χ0n) is 28.7. The SMILES string of the molecule is CC[Si](C)(c1cccc(C2C=CC(c3c4ccccc4c(-c4cccc5ccccc45)c4ccccc34)=CC2)c1)c1ccc2ccccc2c1. The van der Waals surface area contributed by atoms with Crippen LogP contribution in [-0.4, -0.2) is 8.07 Å². The highest BCUT2D eigenvalue weighted by molar-refractivity contribution is 7.01. The van der Waals surface area contributed by atoms with E-state index < -0.39 is 8.07 Å². The van der Waals surface area contributed by atoms with E-state index in [4.69, 9.17) is 0 Å². The standard InChI is InChI=1S/C49H40Si/c1-3-50(2,41-31-30-34-14-4-5-16-38(34)33-41)40-19-12-18-39(32-40)35-26-28-37(29-27-35)48-44-21-8-10-23-46(44)49(47-24-11-9-22-45(47)48)43-25-13-17-36-15-6-7-20-42(36)43/h4-26,28-33,35H,3,27H2,1-2H3. The summed E-state index contributed by atoms with van der Waals surface area (Å²) in [4.78, 5) is 0. The summed E-state index contributed by atoms with van der Waals surface area (Å²) in [5, 5.41) is 13.5. The number of allylic oxidation sites excluding steroid dienone is 4. The first-order valence-electron chi connectivity index (χ1n) is 18.0. The van der Waals surface area contributed by atoms with E-state index in [1.807, 2.05) is 0 Å². The fourth-order valence-corrected chi connectivity index (χ4v) is 11.5. The second-order valence-corrected chi connectivity index (χ2v) is 18.6. The van der Waals surface area contributed by atoms with Crippen molar-refractivity contribution in [1.82, 2.24) is 0 Å². The Kier molecular flexibility index (Phi) is 7.59. The molecule has 0 nitrogen and oxygen atoms in total. The molecule has 1 heteroatoms. The molecule has 0 fully saturated rings. The Balaban J connectivity index is 1.11. The fraction of sp³-hybridized carbons (Fsp3) is 0.102. The molecule has 0 radical (unpaired) electrons. The Morgan fingerprint density at radius 3 is 1.78 bits per heavy atom. The summed E-state index contributed by atoms with van der Waals surface area (Å²) in [6.45, 7) is 4.92. The lowest BCUT2D eigenvalue weighted by Gasteiger charge is -2.29. The number of rotatable bonds is 6. The van der Waals surface area contributed by atoms with Crippen LogP contribution in [0, 0.1) is 0 Å². The van der Waals surface area contributed by atoms with Crippen molar-refractivity contribution >= 4 is 67.1 Å². The van der Waals surface area contributed by atoms with Crippen molar-refractivity contribution in [3.63, 3.8) is 0 Å². The summed E-state index contributed by atoms with van der Waals surface area (Å²) in [6, 6.07) is 60.1. The zero-order chi connectivity index (χ0) is 33.7. The van der Waals surface area contributed by atoms with Gasteiger partial charge in [0, 0.05) is 5.92 Å². The third kappa shape index (κ3) is 5.04. The molecule has 8 aromatic carbocycles. The second-order valence-electron chi connectivity index (χ2n) is 14.1. The van der Waals surface area contributed by atoms with Crippen molar-refractivity contribution in [3.05, 3.63) is 187 Å². The summed E-state index contributed by atoms with van der Waals surface area (Å²) in [5.41, 5.74) is 6.69. The molecular formula is C49H40Si. The van der Waals surface area contributed by atoms with Gasteiger partial charge in [-0.15, -0.1) is 0 Å². The molecule has 50 heavy (non-hydrogen) atoms. The van der Waals surface area contributed by atoms with E-state index in [0.29, 0.717) is 5.92 Å². The van der Waals surface area contributed by atoms with E-state index in [9.17, 15) is 0 Å². The highest BCUT2D eigenvalue weighted by Gasteiger charge is 2.31. The van der Waals surface area contributed by atoms with Gasteiger partial charge in [-0.2, -0.15) is 0 Å². The maximum absolute atomic E-state index is 2.54. The Labute approximate surface area is 296 Å². The van der Waals surface area contributed by atoms with Crippen molar-refractivity contribution < 1.29 is 0 Å². The zero-order valence-corrected chi connectivity index (χ0v) is 29.7. The molecule has 1 aliphatic carbocycles. The number of benzene rings is 8. The van der Waals surface area contributed by atoms with Crippen LogP contribution in [0.25, 0.3) is 59.8 Å². The van der Waals surface area contributed by atoms with Gasteiger partial charge in [0.2, 0.25) is 0 Å². The highest BCUT2D eigenvalue weighted by atomic mass is 28.3. The molecule has 0 aliphatic heterocycles. The molecule has 0 heterocycles. The Hall–Kier alpha value is -5.50. The molecule has 2 atom stereocenters. The van der Waals surface area contributed by atoms with Gasteiger partial charge in [-0.1, -0.05) is 206 Å². The van der Waals surface area contributed by atoms with Crippen LogP contribution in [0.4, 0.5) is 0 Å². The van der Waals surface area contributed by atoms with Crippen LogP contribution < -0.4 is 10.4 Å². The lowest BCUT2D eigenvalue weighted by atomic mass is 9.82. The summed E-state index contributed by atoms with van der Waals surface area (Å²) < 4.78 is 0. The van der Waals surface area contributed by atoms with Crippen molar-refractivity contribution in [1.29, 1.82) is 0 Å². The maximum Gasteiger partial charge on any atom is 0.114 e. The van der Waals surface area contributed by atoms with Gasteiger partial charge in [-0.25, -0.2) is 0 Å². The topological polar surface area (TPSA) is 0 Å². The minimum Gasteiger partial charge on any atom is -0.0761 e. The van der Waals surface area contributed by atoms with Gasteiger partial charge in [0.25, 0.3) is 0 Å². The lowest BCUT2D eigenvalue weighted by Crippen LogP contribution is -2.55. The molecule has 0 saturated carbocycles. The summed E-state index contributed by atoms with van der Waals surface area (Å²) in [7, 11) is -1.91. The maximum atomic E-state index is 2.54. The van der Waals surface area contributed by atoms with Gasteiger partial charge in [-0.3, -0.25) is 0 Å². The summed E-state index contributed by atoms with van der Waals surface area (Å²) in [6.07, 6.45) is 8.33. The molecule has 8 aromatic rings. The Bertz CT molecular complexity index is 2580. The van der Waals surface area contributed by atoms with Crippen molar-refractivity contribution in [2.45, 2.75) is 31.9 Å². The highest BCUT2D eigenvalue weighted by Crippen LogP contribution is 2.45. The molecule has 0 amide bonds. The smallest absolute Gasteiger partial charge is 0.0761 e. The molecule has 0 bridgehead atoms. The molecule has 1 aliphatic rings. The van der Waals surface area contributed by atoms with E-state index >= 15 is 0 Å². The first-order chi connectivity index (χ1) is 24.6. The first-order valence-corrected chi connectivity index (χ1v) is 20.7. The number of hydrogen-bond donors (Lipinski definition) is 0. The van der Waals surface area contributed by atoms with Crippen LogP contribution >= 0.6 is 0 Å². The van der Waals surface area contributed by atoms with Gasteiger partial charge < -0.3 is 0 Å². The minimum atomic E-state index is -1.91. The largest absolute Gasteiger partial charge is 0.114 e. The van der Waals surface area contributed by atoms with E-state index in [0.717, 1.165) is 6.42 Å². The van der Waals surface area contributed by atoms with E-state index in [1.54, 1.807) is 0 Å². The average molecular weight is 657 g/mol. The fourth-order valence-electron chi connectivity index (χ4n) is 8.45. The van der Waals surface area contributed by atoms with Gasteiger partial charge in [0.15, 0.2) is 0 Å². The average Bonchev–Trinajstić information content (AvgIpc) is 3.19. The quantitative estimate of drug-likeness (QED) is 0.123. The molecule has 0 spiro atoms. The summed E-state index contributed by atoms with van der Waals surface area (Å²) in [5.74, 6) is 0.359.